The fourth-order valence-corrected chi connectivity index (χ4v) is 2.90. The smallest absolute Gasteiger partial charge is 0.489 e. The number of benzene rings is 2. The highest BCUT2D eigenvalue weighted by molar-refractivity contribution is 6.62. The van der Waals surface area contributed by atoms with E-state index in [1.807, 2.05) is 52.0 Å². The second kappa shape index (κ2) is 6.98. The van der Waals surface area contributed by atoms with Gasteiger partial charge in [0.1, 0.15) is 12.4 Å². The zero-order valence-corrected chi connectivity index (χ0v) is 16.3. The van der Waals surface area contributed by atoms with Gasteiger partial charge in [-0.2, -0.15) is 0 Å². The summed E-state index contributed by atoms with van der Waals surface area (Å²) in [6.07, 6.45) is 0. The van der Waals surface area contributed by atoms with E-state index in [0.717, 1.165) is 11.0 Å². The van der Waals surface area contributed by atoms with Crippen LogP contribution in [0, 0.1) is 17.0 Å². The Labute approximate surface area is 159 Å². The Kier molecular flexibility index (Phi) is 5.01. The lowest BCUT2D eigenvalue weighted by Gasteiger charge is -2.32. The van der Waals surface area contributed by atoms with Crippen LogP contribution in [0.4, 0.5) is 5.69 Å². The van der Waals surface area contributed by atoms with Gasteiger partial charge in [-0.25, -0.2) is 0 Å². The van der Waals surface area contributed by atoms with Gasteiger partial charge in [0.15, 0.2) is 0 Å². The Hall–Kier alpha value is -2.38. The van der Waals surface area contributed by atoms with Crippen molar-refractivity contribution in [3.63, 3.8) is 0 Å². The summed E-state index contributed by atoms with van der Waals surface area (Å²) >= 11 is 0. The molecule has 1 aliphatic rings. The minimum absolute atomic E-state index is 0.0881. The monoisotopic (exact) mass is 369 g/mol. The molecular formula is C20H24BNO5. The minimum atomic E-state index is -0.420. The molecule has 1 heterocycles. The van der Waals surface area contributed by atoms with Crippen molar-refractivity contribution in [3.8, 4) is 5.75 Å². The Morgan fingerprint density at radius 2 is 1.74 bits per heavy atom. The largest absolute Gasteiger partial charge is 0.494 e. The van der Waals surface area contributed by atoms with Gasteiger partial charge in [0.2, 0.25) is 0 Å². The van der Waals surface area contributed by atoms with E-state index in [0.29, 0.717) is 17.9 Å². The lowest BCUT2D eigenvalue weighted by atomic mass is 9.78. The summed E-state index contributed by atoms with van der Waals surface area (Å²) in [5.74, 6) is 0.596. The molecule has 3 rings (SSSR count). The molecule has 2 aromatic carbocycles. The molecule has 0 spiro atoms. The van der Waals surface area contributed by atoms with Crippen molar-refractivity contribution in [2.24, 2.45) is 0 Å². The minimum Gasteiger partial charge on any atom is -0.489 e. The molecule has 1 aliphatic heterocycles. The molecule has 27 heavy (non-hydrogen) atoms. The van der Waals surface area contributed by atoms with E-state index >= 15 is 0 Å². The summed E-state index contributed by atoms with van der Waals surface area (Å²) in [5, 5.41) is 10.9. The van der Waals surface area contributed by atoms with E-state index in [1.165, 1.54) is 6.07 Å². The van der Waals surface area contributed by atoms with Crippen LogP contribution >= 0.6 is 0 Å². The number of nitrogens with zero attached hydrogens (tertiary/aromatic N) is 1. The Morgan fingerprint density at radius 3 is 2.33 bits per heavy atom. The SMILES string of the molecule is Cc1cc(OCc2cccc(B3OC(C)(C)C(C)(C)O3)c2)ccc1[N+](=O)[O-]. The van der Waals surface area contributed by atoms with E-state index in [4.69, 9.17) is 14.0 Å². The average molecular weight is 369 g/mol. The topological polar surface area (TPSA) is 70.8 Å². The van der Waals surface area contributed by atoms with Gasteiger partial charge in [-0.3, -0.25) is 10.1 Å². The van der Waals surface area contributed by atoms with Crippen LogP contribution in [0.15, 0.2) is 42.5 Å². The van der Waals surface area contributed by atoms with Gasteiger partial charge in [-0.1, -0.05) is 24.3 Å². The fourth-order valence-electron chi connectivity index (χ4n) is 2.90. The van der Waals surface area contributed by atoms with Crippen LogP contribution in [0.3, 0.4) is 0 Å². The molecule has 142 valence electrons. The van der Waals surface area contributed by atoms with Gasteiger partial charge in [0.25, 0.3) is 5.69 Å². The summed E-state index contributed by atoms with van der Waals surface area (Å²) in [6, 6.07) is 12.6. The molecule has 0 saturated carbocycles. The molecule has 0 unspecified atom stereocenters. The molecule has 0 aliphatic carbocycles. The molecule has 1 fully saturated rings. The molecule has 0 amide bonds. The molecule has 0 atom stereocenters. The van der Waals surface area contributed by atoms with Crippen molar-refractivity contribution < 1.29 is 19.0 Å². The first-order chi connectivity index (χ1) is 12.6. The van der Waals surface area contributed by atoms with E-state index in [9.17, 15) is 10.1 Å². The fraction of sp³-hybridized carbons (Fsp3) is 0.400. The molecule has 2 aromatic rings. The highest BCUT2D eigenvalue weighted by atomic mass is 16.7. The maximum absolute atomic E-state index is 10.9. The third-order valence-electron chi connectivity index (χ3n) is 5.25. The van der Waals surface area contributed by atoms with Crippen LogP contribution in [-0.4, -0.2) is 23.2 Å². The lowest BCUT2D eigenvalue weighted by molar-refractivity contribution is -0.385. The third kappa shape index (κ3) is 3.99. The first-order valence-corrected chi connectivity index (χ1v) is 8.91. The van der Waals surface area contributed by atoms with Crippen LogP contribution in [0.1, 0.15) is 38.8 Å². The lowest BCUT2D eigenvalue weighted by Crippen LogP contribution is -2.41. The Bertz CT molecular complexity index is 849. The van der Waals surface area contributed by atoms with Crippen LogP contribution < -0.4 is 10.2 Å². The first kappa shape index (κ1) is 19.4. The van der Waals surface area contributed by atoms with Gasteiger partial charge in [0, 0.05) is 11.6 Å². The highest BCUT2D eigenvalue weighted by Crippen LogP contribution is 2.36. The summed E-state index contributed by atoms with van der Waals surface area (Å²) in [4.78, 5) is 10.5. The molecular weight excluding hydrogens is 345 g/mol. The summed E-state index contributed by atoms with van der Waals surface area (Å²) in [5.41, 5.74) is 1.79. The van der Waals surface area contributed by atoms with Gasteiger partial charge >= 0.3 is 7.12 Å². The number of nitro groups is 1. The number of rotatable bonds is 5. The second-order valence-electron chi connectivity index (χ2n) is 7.83. The number of hydrogen-bond donors (Lipinski definition) is 0. The molecule has 0 radical (unpaired) electrons. The molecule has 0 N–H and O–H groups in total. The van der Waals surface area contributed by atoms with Crippen molar-refractivity contribution >= 4 is 18.3 Å². The van der Waals surface area contributed by atoms with Crippen LogP contribution in [0.25, 0.3) is 0 Å². The summed E-state index contributed by atoms with van der Waals surface area (Å²) in [6.45, 7) is 10.1. The summed E-state index contributed by atoms with van der Waals surface area (Å²) in [7, 11) is -0.420. The van der Waals surface area contributed by atoms with Crippen molar-refractivity contribution in [1.82, 2.24) is 0 Å². The maximum Gasteiger partial charge on any atom is 0.494 e. The second-order valence-corrected chi connectivity index (χ2v) is 7.83. The van der Waals surface area contributed by atoms with Gasteiger partial charge in [-0.15, -0.1) is 0 Å². The van der Waals surface area contributed by atoms with Crippen molar-refractivity contribution in [2.45, 2.75) is 52.4 Å². The predicted octanol–water partition coefficient (Wildman–Crippen LogP) is 3.78. The normalized spacial score (nSPS) is 17.7. The molecule has 0 bridgehead atoms. The number of nitro benzene ring substituents is 1. The zero-order chi connectivity index (χ0) is 19.8. The van der Waals surface area contributed by atoms with Gasteiger partial charge in [0.05, 0.1) is 16.1 Å². The van der Waals surface area contributed by atoms with E-state index in [2.05, 4.69) is 0 Å². The van der Waals surface area contributed by atoms with Gasteiger partial charge in [-0.05, 0) is 57.8 Å². The Balaban J connectivity index is 1.70. The summed E-state index contributed by atoms with van der Waals surface area (Å²) < 4.78 is 18.0. The van der Waals surface area contributed by atoms with Crippen molar-refractivity contribution in [1.29, 1.82) is 0 Å². The number of ether oxygens (including phenoxy) is 1. The van der Waals surface area contributed by atoms with E-state index in [1.54, 1.807) is 19.1 Å². The standard InChI is InChI=1S/C20H24BNO5/c1-14-11-17(9-10-18(14)22(23)24)25-13-15-7-6-8-16(12-15)21-26-19(2,3)20(4,5)27-21/h6-12H,13H2,1-5H3. The number of aryl methyl sites for hydroxylation is 1. The van der Waals surface area contributed by atoms with Crippen molar-refractivity contribution in [2.75, 3.05) is 0 Å². The zero-order valence-electron chi connectivity index (χ0n) is 16.3. The van der Waals surface area contributed by atoms with Crippen molar-refractivity contribution in [3.05, 3.63) is 63.7 Å². The van der Waals surface area contributed by atoms with Crippen LogP contribution in [-0.2, 0) is 15.9 Å². The molecule has 7 heteroatoms. The van der Waals surface area contributed by atoms with Crippen LogP contribution in [0.2, 0.25) is 0 Å². The molecule has 1 saturated heterocycles. The van der Waals surface area contributed by atoms with E-state index < -0.39 is 12.0 Å². The first-order valence-electron chi connectivity index (χ1n) is 8.91. The quantitative estimate of drug-likeness (QED) is 0.456. The molecule has 6 nitrogen and oxygen atoms in total. The Morgan fingerprint density at radius 1 is 1.07 bits per heavy atom. The van der Waals surface area contributed by atoms with E-state index in [-0.39, 0.29) is 16.9 Å². The number of hydrogen-bond acceptors (Lipinski definition) is 5. The predicted molar refractivity (Wildman–Crippen MR) is 104 cm³/mol. The highest BCUT2D eigenvalue weighted by Gasteiger charge is 2.51. The third-order valence-corrected chi connectivity index (χ3v) is 5.25. The maximum atomic E-state index is 10.9. The van der Waals surface area contributed by atoms with Crippen LogP contribution in [0.5, 0.6) is 5.75 Å². The average Bonchev–Trinajstić information content (AvgIpc) is 2.81. The molecule has 0 aromatic heterocycles. The van der Waals surface area contributed by atoms with Gasteiger partial charge < -0.3 is 14.0 Å².